The summed E-state index contributed by atoms with van der Waals surface area (Å²) in [4.78, 5) is 44.8. The van der Waals surface area contributed by atoms with Gasteiger partial charge in [-0.25, -0.2) is 14.0 Å². The first-order valence-corrected chi connectivity index (χ1v) is 15.7. The van der Waals surface area contributed by atoms with Gasteiger partial charge in [-0.2, -0.15) is 26.3 Å². The number of alkyl halides is 6. The molecule has 2 heterocycles. The van der Waals surface area contributed by atoms with E-state index in [2.05, 4.69) is 0 Å². The Labute approximate surface area is 273 Å². The summed E-state index contributed by atoms with van der Waals surface area (Å²) in [5, 5.41) is 9.80. The fourth-order valence-electron chi connectivity index (χ4n) is 7.35. The van der Waals surface area contributed by atoms with Gasteiger partial charge in [-0.05, 0) is 82.3 Å². The van der Waals surface area contributed by atoms with Crippen molar-refractivity contribution in [2.75, 3.05) is 31.1 Å². The van der Waals surface area contributed by atoms with Crippen LogP contribution in [0.1, 0.15) is 69.1 Å². The molecule has 3 aliphatic rings. The molecule has 15 heteroatoms. The first-order chi connectivity index (χ1) is 22.3. The molecule has 1 aliphatic carbocycles. The van der Waals surface area contributed by atoms with Crippen LogP contribution in [-0.2, 0) is 17.1 Å². The van der Waals surface area contributed by atoms with Crippen molar-refractivity contribution in [1.29, 1.82) is 0 Å². The summed E-state index contributed by atoms with van der Waals surface area (Å²) in [6.45, 7) is 5.42. The molecule has 1 saturated carbocycles. The second-order valence-electron chi connectivity index (χ2n) is 13.7. The summed E-state index contributed by atoms with van der Waals surface area (Å²) in [7, 11) is 0. The highest BCUT2D eigenvalue weighted by molar-refractivity contribution is 5.95. The van der Waals surface area contributed by atoms with Crippen LogP contribution in [0.15, 0.2) is 42.5 Å². The summed E-state index contributed by atoms with van der Waals surface area (Å²) in [6.07, 6.45) is -9.36. The number of hydrogen-bond donors (Lipinski definition) is 1. The quantitative estimate of drug-likeness (QED) is 0.332. The molecule has 2 aromatic rings. The van der Waals surface area contributed by atoms with Crippen LogP contribution in [0.25, 0.3) is 0 Å². The van der Waals surface area contributed by atoms with E-state index in [0.717, 1.165) is 4.90 Å². The Hall–Kier alpha value is -4.04. The Kier molecular flexibility index (Phi) is 9.38. The molecule has 0 aromatic heterocycles. The molecule has 2 atom stereocenters. The number of amides is 4. The molecule has 2 saturated heterocycles. The predicted molar refractivity (Wildman–Crippen MR) is 161 cm³/mol. The first kappa shape index (κ1) is 35.3. The highest BCUT2D eigenvalue weighted by Crippen LogP contribution is 2.41. The van der Waals surface area contributed by atoms with Crippen LogP contribution in [0.3, 0.4) is 0 Å². The van der Waals surface area contributed by atoms with Crippen molar-refractivity contribution in [2.24, 2.45) is 5.92 Å². The lowest BCUT2D eigenvalue weighted by molar-refractivity contribution is -0.143. The normalized spacial score (nSPS) is 24.0. The minimum Gasteiger partial charge on any atom is -0.465 e. The Bertz CT molecular complexity index is 1500. The van der Waals surface area contributed by atoms with E-state index in [0.29, 0.717) is 43.4 Å². The number of carboxylic acid groups (broad SMARTS) is 1. The van der Waals surface area contributed by atoms with Crippen LogP contribution >= 0.6 is 0 Å². The standard InChI is InChI=1S/C33H37F7N4O4/c1-31(2,3)44(30(47)48)24-10-6-20(7-11-24)28(45)41-17-26(19-4-8-23(34)9-5-19)27(18-41)43-13-12-42(29(43)46)25-15-21(32(35,36)37)14-22(16-25)33(38,39)40/h4-5,8-9,14-16,20,24,26-27H,6-7,10-13,17-18H2,1-3H3,(H,47,48)/t20-,24-,26-,27+/m0/s1. The number of carbonyl (C=O) groups is 3. The fourth-order valence-corrected chi connectivity index (χ4v) is 7.35. The molecule has 0 spiro atoms. The average Bonchev–Trinajstić information content (AvgIpc) is 3.59. The minimum absolute atomic E-state index is 0.00261. The van der Waals surface area contributed by atoms with Gasteiger partial charge in [0.15, 0.2) is 0 Å². The van der Waals surface area contributed by atoms with E-state index in [1.54, 1.807) is 25.7 Å². The number of halogens is 7. The second kappa shape index (κ2) is 12.8. The summed E-state index contributed by atoms with van der Waals surface area (Å²) < 4.78 is 95.2. The SMILES string of the molecule is CC(C)(C)N(C(=O)O)[C@H]1CC[C@H](C(=O)N2C[C@@H](N3CCN(c4cc(C(F)(F)F)cc(C(F)(F)F)c4)C3=O)[C@H](c3ccc(F)cc3)C2)CC1. The van der Waals surface area contributed by atoms with Crippen LogP contribution < -0.4 is 4.90 Å². The Morgan fingerprint density at radius 1 is 0.833 bits per heavy atom. The molecule has 8 nitrogen and oxygen atoms in total. The molecule has 48 heavy (non-hydrogen) atoms. The van der Waals surface area contributed by atoms with Gasteiger partial charge in [0, 0.05) is 55.3 Å². The van der Waals surface area contributed by atoms with Crippen LogP contribution in [0, 0.1) is 11.7 Å². The second-order valence-corrected chi connectivity index (χ2v) is 13.7. The van der Waals surface area contributed by atoms with Crippen LogP contribution in [-0.4, -0.2) is 81.6 Å². The van der Waals surface area contributed by atoms with E-state index in [-0.39, 0.29) is 44.2 Å². The van der Waals surface area contributed by atoms with E-state index < -0.39 is 70.5 Å². The Balaban J connectivity index is 1.37. The highest BCUT2D eigenvalue weighted by atomic mass is 19.4. The summed E-state index contributed by atoms with van der Waals surface area (Å²) in [6, 6.07) is 4.81. The predicted octanol–water partition coefficient (Wildman–Crippen LogP) is 7.44. The van der Waals surface area contributed by atoms with E-state index in [1.807, 2.05) is 0 Å². The van der Waals surface area contributed by atoms with Crippen molar-refractivity contribution in [2.45, 2.75) is 82.3 Å². The molecule has 2 aromatic carbocycles. The third-order valence-corrected chi connectivity index (χ3v) is 9.56. The molecule has 1 N–H and O–H groups in total. The lowest BCUT2D eigenvalue weighted by Gasteiger charge is -2.42. The van der Waals surface area contributed by atoms with Crippen molar-refractivity contribution in [3.63, 3.8) is 0 Å². The molecule has 262 valence electrons. The number of nitrogens with zero attached hydrogens (tertiary/aromatic N) is 4. The maximum absolute atomic E-state index is 13.8. The first-order valence-electron chi connectivity index (χ1n) is 15.7. The largest absolute Gasteiger partial charge is 0.465 e. The third kappa shape index (κ3) is 7.19. The van der Waals surface area contributed by atoms with E-state index in [4.69, 9.17) is 0 Å². The van der Waals surface area contributed by atoms with Gasteiger partial charge in [-0.3, -0.25) is 9.69 Å². The maximum Gasteiger partial charge on any atom is 0.416 e. The molecule has 0 unspecified atom stereocenters. The Morgan fingerprint density at radius 2 is 1.40 bits per heavy atom. The van der Waals surface area contributed by atoms with Gasteiger partial charge in [0.2, 0.25) is 5.91 Å². The molecule has 5 rings (SSSR count). The van der Waals surface area contributed by atoms with Crippen molar-refractivity contribution in [3.05, 3.63) is 65.0 Å². The molecule has 3 fully saturated rings. The van der Waals surface area contributed by atoms with Gasteiger partial charge in [0.25, 0.3) is 0 Å². The van der Waals surface area contributed by atoms with Gasteiger partial charge >= 0.3 is 24.5 Å². The van der Waals surface area contributed by atoms with Gasteiger partial charge in [-0.15, -0.1) is 0 Å². The van der Waals surface area contributed by atoms with Crippen LogP contribution in [0.4, 0.5) is 46.0 Å². The number of urea groups is 1. The third-order valence-electron chi connectivity index (χ3n) is 9.56. The summed E-state index contributed by atoms with van der Waals surface area (Å²) >= 11 is 0. The van der Waals surface area contributed by atoms with Gasteiger partial charge < -0.3 is 19.8 Å². The van der Waals surface area contributed by atoms with Crippen molar-refractivity contribution < 1.29 is 50.2 Å². The minimum atomic E-state index is -5.09. The molecule has 2 aliphatic heterocycles. The van der Waals surface area contributed by atoms with Crippen LogP contribution in [0.2, 0.25) is 0 Å². The highest BCUT2D eigenvalue weighted by Gasteiger charge is 2.47. The zero-order valence-corrected chi connectivity index (χ0v) is 26.6. The van der Waals surface area contributed by atoms with Gasteiger partial charge in [-0.1, -0.05) is 12.1 Å². The number of rotatable bonds is 5. The van der Waals surface area contributed by atoms with E-state index in [1.165, 1.54) is 34.1 Å². The van der Waals surface area contributed by atoms with Gasteiger partial charge in [0.05, 0.1) is 17.2 Å². The summed E-state index contributed by atoms with van der Waals surface area (Å²) in [5.41, 5.74) is -3.63. The topological polar surface area (TPSA) is 84.4 Å². The number of likely N-dealkylation sites (tertiary alicyclic amines) is 1. The summed E-state index contributed by atoms with van der Waals surface area (Å²) in [5.74, 6) is -1.60. The van der Waals surface area contributed by atoms with E-state index in [9.17, 15) is 50.2 Å². The fraction of sp³-hybridized carbons (Fsp3) is 0.545. The number of anilines is 1. The smallest absolute Gasteiger partial charge is 0.416 e. The van der Waals surface area contributed by atoms with Crippen molar-refractivity contribution >= 4 is 23.7 Å². The lowest BCUT2D eigenvalue weighted by atomic mass is 9.83. The molecular weight excluding hydrogens is 649 g/mol. The van der Waals surface area contributed by atoms with Crippen LogP contribution in [0.5, 0.6) is 0 Å². The monoisotopic (exact) mass is 686 g/mol. The zero-order chi connectivity index (χ0) is 35.3. The number of carbonyl (C=O) groups excluding carboxylic acids is 2. The average molecular weight is 687 g/mol. The van der Waals surface area contributed by atoms with Crippen molar-refractivity contribution in [3.8, 4) is 0 Å². The molecule has 0 radical (unpaired) electrons. The molecular formula is C33H37F7N4O4. The lowest BCUT2D eigenvalue weighted by Crippen LogP contribution is -2.52. The molecule has 0 bridgehead atoms. The van der Waals surface area contributed by atoms with Crippen molar-refractivity contribution in [1.82, 2.24) is 14.7 Å². The Morgan fingerprint density at radius 3 is 1.90 bits per heavy atom. The zero-order valence-electron chi connectivity index (χ0n) is 26.6. The van der Waals surface area contributed by atoms with Gasteiger partial charge in [0.1, 0.15) is 5.82 Å². The number of benzene rings is 2. The van der Waals surface area contributed by atoms with E-state index >= 15 is 0 Å². The number of hydrogen-bond acceptors (Lipinski definition) is 3. The molecule has 4 amide bonds. The maximum atomic E-state index is 13.8.